The molecule has 2 rings (SSSR count). The minimum atomic E-state index is -0.492. The van der Waals surface area contributed by atoms with Crippen molar-refractivity contribution in [1.82, 2.24) is 0 Å². The van der Waals surface area contributed by atoms with Crippen LogP contribution in [0.25, 0.3) is 0 Å². The van der Waals surface area contributed by atoms with Crippen LogP contribution in [0.3, 0.4) is 0 Å². The second kappa shape index (κ2) is 6.77. The number of thioether (sulfide) groups is 1. The molecular formula is C16H17FO2S. The molecule has 0 aliphatic rings. The van der Waals surface area contributed by atoms with Gasteiger partial charge in [-0.15, -0.1) is 11.8 Å². The van der Waals surface area contributed by atoms with Crippen molar-refractivity contribution in [2.45, 2.75) is 23.7 Å². The number of hydrogen-bond donors (Lipinski definition) is 1. The van der Waals surface area contributed by atoms with E-state index in [0.717, 1.165) is 10.5 Å². The van der Waals surface area contributed by atoms with Gasteiger partial charge in [0.15, 0.2) is 0 Å². The summed E-state index contributed by atoms with van der Waals surface area (Å²) in [7, 11) is 1.52. The quantitative estimate of drug-likeness (QED) is 0.838. The van der Waals surface area contributed by atoms with E-state index in [-0.39, 0.29) is 5.82 Å². The minimum absolute atomic E-state index is 0.261. The van der Waals surface area contributed by atoms with Gasteiger partial charge >= 0.3 is 0 Å². The van der Waals surface area contributed by atoms with Crippen LogP contribution < -0.4 is 4.74 Å². The van der Waals surface area contributed by atoms with Gasteiger partial charge in [-0.3, -0.25) is 0 Å². The molecule has 0 aliphatic heterocycles. The smallest absolute Gasteiger partial charge is 0.130 e. The Bertz CT molecular complexity index is 584. The van der Waals surface area contributed by atoms with E-state index < -0.39 is 6.10 Å². The van der Waals surface area contributed by atoms with Crippen molar-refractivity contribution in [3.63, 3.8) is 0 Å². The first kappa shape index (κ1) is 14.9. The number of methoxy groups -OCH3 is 1. The van der Waals surface area contributed by atoms with E-state index in [1.54, 1.807) is 30.8 Å². The Hall–Kier alpha value is -1.52. The van der Waals surface area contributed by atoms with Gasteiger partial charge in [-0.25, -0.2) is 4.39 Å². The van der Waals surface area contributed by atoms with Crippen molar-refractivity contribution in [3.8, 4) is 5.75 Å². The van der Waals surface area contributed by atoms with Gasteiger partial charge in [-0.1, -0.05) is 18.2 Å². The minimum Gasteiger partial charge on any atom is -0.497 e. The zero-order chi connectivity index (χ0) is 14.5. The van der Waals surface area contributed by atoms with E-state index in [1.807, 2.05) is 24.3 Å². The monoisotopic (exact) mass is 292 g/mol. The van der Waals surface area contributed by atoms with Gasteiger partial charge in [0.25, 0.3) is 0 Å². The van der Waals surface area contributed by atoms with Gasteiger partial charge in [-0.05, 0) is 36.2 Å². The van der Waals surface area contributed by atoms with Crippen LogP contribution in [0.15, 0.2) is 47.4 Å². The summed E-state index contributed by atoms with van der Waals surface area (Å²) >= 11 is 1.54. The van der Waals surface area contributed by atoms with Crippen LogP contribution >= 0.6 is 11.8 Å². The van der Waals surface area contributed by atoms with E-state index in [1.165, 1.54) is 13.2 Å². The van der Waals surface area contributed by atoms with Crippen molar-refractivity contribution in [3.05, 3.63) is 59.4 Å². The zero-order valence-electron chi connectivity index (χ0n) is 11.5. The highest BCUT2D eigenvalue weighted by atomic mass is 32.2. The normalized spacial score (nSPS) is 12.2. The Morgan fingerprint density at radius 2 is 2.05 bits per heavy atom. The maximum absolute atomic E-state index is 13.8. The Kier molecular flexibility index (Phi) is 5.04. The van der Waals surface area contributed by atoms with Crippen LogP contribution in [-0.2, 0) is 5.75 Å². The van der Waals surface area contributed by atoms with Crippen molar-refractivity contribution in [2.24, 2.45) is 0 Å². The lowest BCUT2D eigenvalue weighted by Gasteiger charge is -2.08. The number of halogens is 1. The van der Waals surface area contributed by atoms with Crippen LogP contribution in [0.5, 0.6) is 5.75 Å². The fraction of sp³-hybridized carbons (Fsp3) is 0.250. The largest absolute Gasteiger partial charge is 0.497 e. The molecule has 2 nitrogen and oxygen atoms in total. The Labute approximate surface area is 122 Å². The summed E-state index contributed by atoms with van der Waals surface area (Å²) in [5, 5.41) is 9.55. The molecule has 2 aromatic rings. The molecule has 0 heterocycles. The SMILES string of the molecule is COc1ccc(CSc2cccc(C(C)O)c2)c(F)c1. The van der Waals surface area contributed by atoms with Crippen molar-refractivity contribution >= 4 is 11.8 Å². The highest BCUT2D eigenvalue weighted by Gasteiger charge is 2.06. The second-order valence-corrected chi connectivity index (χ2v) is 5.54. The number of aliphatic hydroxyl groups is 1. The highest BCUT2D eigenvalue weighted by molar-refractivity contribution is 7.98. The van der Waals surface area contributed by atoms with Crippen molar-refractivity contribution < 1.29 is 14.2 Å². The van der Waals surface area contributed by atoms with E-state index in [4.69, 9.17) is 4.74 Å². The van der Waals surface area contributed by atoms with Crippen LogP contribution in [-0.4, -0.2) is 12.2 Å². The lowest BCUT2D eigenvalue weighted by molar-refractivity contribution is 0.199. The maximum Gasteiger partial charge on any atom is 0.130 e. The van der Waals surface area contributed by atoms with Crippen LogP contribution in [0, 0.1) is 5.82 Å². The van der Waals surface area contributed by atoms with Crippen LogP contribution in [0.2, 0.25) is 0 Å². The summed E-state index contributed by atoms with van der Waals surface area (Å²) in [6.07, 6.45) is -0.492. The van der Waals surface area contributed by atoms with Gasteiger partial charge in [0.05, 0.1) is 13.2 Å². The average Bonchev–Trinajstić information content (AvgIpc) is 2.46. The molecule has 0 saturated carbocycles. The topological polar surface area (TPSA) is 29.5 Å². The van der Waals surface area contributed by atoms with Gasteiger partial charge in [-0.2, -0.15) is 0 Å². The Morgan fingerprint density at radius 1 is 1.25 bits per heavy atom. The fourth-order valence-corrected chi connectivity index (χ4v) is 2.75. The predicted octanol–water partition coefficient (Wildman–Crippen LogP) is 4.18. The van der Waals surface area contributed by atoms with E-state index in [9.17, 15) is 9.50 Å². The van der Waals surface area contributed by atoms with Gasteiger partial charge in [0.1, 0.15) is 11.6 Å². The third kappa shape index (κ3) is 3.74. The molecule has 106 valence electrons. The molecule has 0 aliphatic carbocycles. The summed E-state index contributed by atoms with van der Waals surface area (Å²) in [4.78, 5) is 1.01. The summed E-state index contributed by atoms with van der Waals surface area (Å²) in [5.41, 5.74) is 1.50. The fourth-order valence-electron chi connectivity index (χ4n) is 1.80. The lowest BCUT2D eigenvalue weighted by atomic mass is 10.1. The molecule has 0 spiro atoms. The van der Waals surface area contributed by atoms with Crippen LogP contribution in [0.4, 0.5) is 4.39 Å². The average molecular weight is 292 g/mol. The van der Waals surface area contributed by atoms with Gasteiger partial charge in [0, 0.05) is 16.7 Å². The van der Waals surface area contributed by atoms with Gasteiger partial charge < -0.3 is 9.84 Å². The third-order valence-corrected chi connectivity index (χ3v) is 4.04. The molecular weight excluding hydrogens is 275 g/mol. The molecule has 0 bridgehead atoms. The van der Waals surface area contributed by atoms with Crippen molar-refractivity contribution in [2.75, 3.05) is 7.11 Å². The standard InChI is InChI=1S/C16H17FO2S/c1-11(18)12-4-3-5-15(8-12)20-10-13-6-7-14(19-2)9-16(13)17/h3-9,11,18H,10H2,1-2H3. The predicted molar refractivity (Wildman–Crippen MR) is 79.6 cm³/mol. The molecule has 4 heteroatoms. The molecule has 1 atom stereocenters. The van der Waals surface area contributed by atoms with E-state index in [0.29, 0.717) is 17.1 Å². The number of rotatable bonds is 5. The first-order valence-corrected chi connectivity index (χ1v) is 7.32. The molecule has 20 heavy (non-hydrogen) atoms. The molecule has 2 aromatic carbocycles. The van der Waals surface area contributed by atoms with E-state index >= 15 is 0 Å². The lowest BCUT2D eigenvalue weighted by Crippen LogP contribution is -1.92. The number of aliphatic hydroxyl groups excluding tert-OH is 1. The molecule has 0 radical (unpaired) electrons. The summed E-state index contributed by atoms with van der Waals surface area (Å²) in [6.45, 7) is 1.73. The van der Waals surface area contributed by atoms with Crippen LogP contribution in [0.1, 0.15) is 24.2 Å². The molecule has 1 N–H and O–H groups in total. The first-order chi connectivity index (χ1) is 9.60. The molecule has 0 amide bonds. The molecule has 1 unspecified atom stereocenters. The molecule has 0 aromatic heterocycles. The zero-order valence-corrected chi connectivity index (χ0v) is 12.3. The number of benzene rings is 2. The van der Waals surface area contributed by atoms with E-state index in [2.05, 4.69) is 0 Å². The Morgan fingerprint density at radius 3 is 2.70 bits per heavy atom. The molecule has 0 saturated heterocycles. The third-order valence-electron chi connectivity index (χ3n) is 3.00. The summed E-state index contributed by atoms with van der Waals surface area (Å²) in [5.74, 6) is 0.801. The summed E-state index contributed by atoms with van der Waals surface area (Å²) < 4.78 is 18.8. The van der Waals surface area contributed by atoms with Gasteiger partial charge in [0.2, 0.25) is 0 Å². The number of hydrogen-bond acceptors (Lipinski definition) is 3. The maximum atomic E-state index is 13.8. The Balaban J connectivity index is 2.07. The van der Waals surface area contributed by atoms with Crippen molar-refractivity contribution in [1.29, 1.82) is 0 Å². The summed E-state index contributed by atoms with van der Waals surface area (Å²) in [6, 6.07) is 12.5. The first-order valence-electron chi connectivity index (χ1n) is 6.33. The molecule has 0 fully saturated rings. The highest BCUT2D eigenvalue weighted by Crippen LogP contribution is 2.27. The number of ether oxygens (including phenoxy) is 1. The second-order valence-electron chi connectivity index (χ2n) is 4.49.